The number of benzene rings is 2. The highest BCUT2D eigenvalue weighted by Gasteiger charge is 2.10. The van der Waals surface area contributed by atoms with Crippen LogP contribution in [0.3, 0.4) is 0 Å². The molecule has 0 amide bonds. The minimum atomic E-state index is 0.581. The summed E-state index contributed by atoms with van der Waals surface area (Å²) in [6.07, 6.45) is 2.39. The molecule has 2 aromatic rings. The smallest absolute Gasteiger partial charge is 0.0178 e. The average molecular weight is 296 g/mol. The Morgan fingerprint density at radius 1 is 0.636 bits per heavy atom. The van der Waals surface area contributed by atoms with E-state index in [0.29, 0.717) is 24.9 Å². The standard InChI is InChI=1S/C20H28N2/c1-15(19-9-5-17(13-21)6-10-19)3-4-16(2)20-11-7-18(14-22)8-12-20/h5-12,15-16H,3-4,13-14,21-22H2,1-2H3. The maximum absolute atomic E-state index is 5.65. The van der Waals surface area contributed by atoms with E-state index in [2.05, 4.69) is 62.4 Å². The number of nitrogens with two attached hydrogens (primary N) is 2. The first-order valence-electron chi connectivity index (χ1n) is 8.21. The van der Waals surface area contributed by atoms with E-state index >= 15 is 0 Å². The molecule has 0 aromatic heterocycles. The molecule has 0 bridgehead atoms. The lowest BCUT2D eigenvalue weighted by molar-refractivity contribution is 0.573. The van der Waals surface area contributed by atoms with Gasteiger partial charge in [0.1, 0.15) is 0 Å². The van der Waals surface area contributed by atoms with E-state index in [1.807, 2.05) is 0 Å². The predicted molar refractivity (Wildman–Crippen MR) is 94.7 cm³/mol. The fraction of sp³-hybridized carbons (Fsp3) is 0.400. The first-order chi connectivity index (χ1) is 10.6. The van der Waals surface area contributed by atoms with Crippen molar-refractivity contribution in [2.45, 2.75) is 51.6 Å². The van der Waals surface area contributed by atoms with Crippen LogP contribution in [0, 0.1) is 0 Å². The molecule has 0 fully saturated rings. The Labute approximate surface area is 134 Å². The molecule has 0 saturated heterocycles. The summed E-state index contributed by atoms with van der Waals surface area (Å²) in [4.78, 5) is 0. The Morgan fingerprint density at radius 3 is 1.23 bits per heavy atom. The van der Waals surface area contributed by atoms with Crippen LogP contribution in [0.2, 0.25) is 0 Å². The van der Waals surface area contributed by atoms with Crippen molar-refractivity contribution >= 4 is 0 Å². The third-order valence-electron chi connectivity index (χ3n) is 4.60. The van der Waals surface area contributed by atoms with Gasteiger partial charge in [-0.2, -0.15) is 0 Å². The molecule has 0 saturated carbocycles. The van der Waals surface area contributed by atoms with Gasteiger partial charge in [-0.1, -0.05) is 62.4 Å². The molecule has 2 nitrogen and oxygen atoms in total. The Hall–Kier alpha value is -1.64. The summed E-state index contributed by atoms with van der Waals surface area (Å²) in [5.74, 6) is 1.16. The molecule has 2 aromatic carbocycles. The summed E-state index contributed by atoms with van der Waals surface area (Å²) >= 11 is 0. The molecule has 22 heavy (non-hydrogen) atoms. The summed E-state index contributed by atoms with van der Waals surface area (Å²) in [6, 6.07) is 17.4. The van der Waals surface area contributed by atoms with Gasteiger partial charge in [0, 0.05) is 13.1 Å². The third-order valence-corrected chi connectivity index (χ3v) is 4.60. The maximum atomic E-state index is 5.65. The minimum absolute atomic E-state index is 0.581. The monoisotopic (exact) mass is 296 g/mol. The molecule has 0 heterocycles. The second-order valence-corrected chi connectivity index (χ2v) is 6.27. The normalized spacial score (nSPS) is 13.8. The van der Waals surface area contributed by atoms with Gasteiger partial charge < -0.3 is 11.5 Å². The van der Waals surface area contributed by atoms with Gasteiger partial charge in [0.25, 0.3) is 0 Å². The van der Waals surface area contributed by atoms with E-state index in [1.165, 1.54) is 35.1 Å². The second kappa shape index (κ2) is 8.11. The lowest BCUT2D eigenvalue weighted by Crippen LogP contribution is -2.01. The van der Waals surface area contributed by atoms with Crippen LogP contribution in [0.5, 0.6) is 0 Å². The zero-order chi connectivity index (χ0) is 15.9. The summed E-state index contributed by atoms with van der Waals surface area (Å²) in [5, 5.41) is 0. The summed E-state index contributed by atoms with van der Waals surface area (Å²) in [5.41, 5.74) is 16.5. The lowest BCUT2D eigenvalue weighted by Gasteiger charge is -2.17. The van der Waals surface area contributed by atoms with Crippen LogP contribution in [-0.2, 0) is 13.1 Å². The van der Waals surface area contributed by atoms with Crippen LogP contribution < -0.4 is 11.5 Å². The lowest BCUT2D eigenvalue weighted by atomic mass is 9.89. The Bertz CT molecular complexity index is 504. The first kappa shape index (κ1) is 16.7. The van der Waals surface area contributed by atoms with E-state index in [4.69, 9.17) is 11.5 Å². The fourth-order valence-corrected chi connectivity index (χ4v) is 2.80. The largest absolute Gasteiger partial charge is 0.326 e. The second-order valence-electron chi connectivity index (χ2n) is 6.27. The first-order valence-corrected chi connectivity index (χ1v) is 8.21. The van der Waals surface area contributed by atoms with Gasteiger partial charge in [-0.05, 0) is 46.9 Å². The third kappa shape index (κ3) is 4.43. The zero-order valence-corrected chi connectivity index (χ0v) is 13.8. The molecule has 0 radical (unpaired) electrons. The van der Waals surface area contributed by atoms with Gasteiger partial charge in [0.15, 0.2) is 0 Å². The van der Waals surface area contributed by atoms with E-state index in [-0.39, 0.29) is 0 Å². The van der Waals surface area contributed by atoms with Gasteiger partial charge in [-0.15, -0.1) is 0 Å². The quantitative estimate of drug-likeness (QED) is 0.800. The topological polar surface area (TPSA) is 52.0 Å². The Balaban J connectivity index is 1.89. The molecule has 2 rings (SSSR count). The number of rotatable bonds is 7. The molecule has 2 atom stereocenters. The van der Waals surface area contributed by atoms with Gasteiger partial charge in [0.2, 0.25) is 0 Å². The molecule has 2 heteroatoms. The van der Waals surface area contributed by atoms with Crippen LogP contribution in [0.4, 0.5) is 0 Å². The van der Waals surface area contributed by atoms with Crippen molar-refractivity contribution in [2.75, 3.05) is 0 Å². The van der Waals surface area contributed by atoms with Crippen LogP contribution in [0.25, 0.3) is 0 Å². The molecule has 4 N–H and O–H groups in total. The van der Waals surface area contributed by atoms with Crippen LogP contribution in [0.1, 0.15) is 60.8 Å². The van der Waals surface area contributed by atoms with Crippen molar-refractivity contribution in [1.82, 2.24) is 0 Å². The van der Waals surface area contributed by atoms with E-state index in [0.717, 1.165) is 0 Å². The summed E-state index contributed by atoms with van der Waals surface area (Å²) in [6.45, 7) is 5.85. The average Bonchev–Trinajstić information content (AvgIpc) is 2.59. The Kier molecular flexibility index (Phi) is 6.17. The van der Waals surface area contributed by atoms with Crippen LogP contribution >= 0.6 is 0 Å². The van der Waals surface area contributed by atoms with Gasteiger partial charge >= 0.3 is 0 Å². The van der Waals surface area contributed by atoms with E-state index in [9.17, 15) is 0 Å². The van der Waals surface area contributed by atoms with Crippen molar-refractivity contribution in [3.63, 3.8) is 0 Å². The summed E-state index contributed by atoms with van der Waals surface area (Å²) < 4.78 is 0. The molecule has 2 unspecified atom stereocenters. The highest BCUT2D eigenvalue weighted by molar-refractivity contribution is 5.26. The maximum Gasteiger partial charge on any atom is 0.0178 e. The molecular formula is C20H28N2. The van der Waals surface area contributed by atoms with E-state index in [1.54, 1.807) is 0 Å². The fourth-order valence-electron chi connectivity index (χ4n) is 2.80. The van der Waals surface area contributed by atoms with Crippen LogP contribution in [-0.4, -0.2) is 0 Å². The van der Waals surface area contributed by atoms with Crippen molar-refractivity contribution < 1.29 is 0 Å². The van der Waals surface area contributed by atoms with Gasteiger partial charge in [0.05, 0.1) is 0 Å². The minimum Gasteiger partial charge on any atom is -0.326 e. The highest BCUT2D eigenvalue weighted by atomic mass is 14.5. The molecular weight excluding hydrogens is 268 g/mol. The van der Waals surface area contributed by atoms with Crippen molar-refractivity contribution in [3.05, 3.63) is 70.8 Å². The zero-order valence-electron chi connectivity index (χ0n) is 13.8. The summed E-state index contributed by atoms with van der Waals surface area (Å²) in [7, 11) is 0. The molecule has 0 aliphatic rings. The highest BCUT2D eigenvalue weighted by Crippen LogP contribution is 2.27. The molecule has 0 aliphatic heterocycles. The van der Waals surface area contributed by atoms with Crippen LogP contribution in [0.15, 0.2) is 48.5 Å². The van der Waals surface area contributed by atoms with Gasteiger partial charge in [-0.3, -0.25) is 0 Å². The van der Waals surface area contributed by atoms with Crippen molar-refractivity contribution in [1.29, 1.82) is 0 Å². The number of hydrogen-bond acceptors (Lipinski definition) is 2. The predicted octanol–water partition coefficient (Wildman–Crippen LogP) is 4.29. The number of hydrogen-bond donors (Lipinski definition) is 2. The van der Waals surface area contributed by atoms with Crippen molar-refractivity contribution in [3.8, 4) is 0 Å². The molecule has 0 spiro atoms. The van der Waals surface area contributed by atoms with Crippen molar-refractivity contribution in [2.24, 2.45) is 11.5 Å². The Morgan fingerprint density at radius 2 is 0.955 bits per heavy atom. The molecule has 0 aliphatic carbocycles. The van der Waals surface area contributed by atoms with E-state index < -0.39 is 0 Å². The molecule has 118 valence electrons. The SMILES string of the molecule is CC(CCC(C)c1ccc(CN)cc1)c1ccc(CN)cc1. The van der Waals surface area contributed by atoms with Gasteiger partial charge in [-0.25, -0.2) is 0 Å².